The first-order valence-corrected chi connectivity index (χ1v) is 16.5. The molecule has 0 heterocycles. The summed E-state index contributed by atoms with van der Waals surface area (Å²) < 4.78 is 32.4. The van der Waals surface area contributed by atoms with Gasteiger partial charge in [0.15, 0.2) is 0 Å². The highest BCUT2D eigenvalue weighted by Gasteiger charge is 2.31. The molecule has 9 heteroatoms. The van der Waals surface area contributed by atoms with Crippen molar-refractivity contribution in [2.45, 2.75) is 59.5 Å². The van der Waals surface area contributed by atoms with Crippen LogP contribution in [0.2, 0.25) is 0 Å². The first-order valence-electron chi connectivity index (χ1n) is 14.7. The first-order chi connectivity index (χ1) is 20.4. The van der Waals surface area contributed by atoms with Gasteiger partial charge in [-0.25, -0.2) is 8.42 Å². The predicted octanol–water partition coefficient (Wildman–Crippen LogP) is 5.27. The van der Waals surface area contributed by atoms with Crippen molar-refractivity contribution in [3.05, 3.63) is 95.1 Å². The third-order valence-corrected chi connectivity index (χ3v) is 8.62. The molecular formula is C34H45N3O5S. The molecule has 0 aliphatic rings. The van der Waals surface area contributed by atoms with E-state index in [-0.39, 0.29) is 37.2 Å². The maximum absolute atomic E-state index is 14.0. The molecule has 0 saturated carbocycles. The van der Waals surface area contributed by atoms with Gasteiger partial charge in [-0.2, -0.15) is 0 Å². The summed E-state index contributed by atoms with van der Waals surface area (Å²) in [6, 6.07) is 21.9. The Labute approximate surface area is 257 Å². The zero-order chi connectivity index (χ0) is 31.6. The Kier molecular flexibility index (Phi) is 12.2. The molecule has 2 amide bonds. The largest absolute Gasteiger partial charge is 0.497 e. The van der Waals surface area contributed by atoms with Crippen LogP contribution in [-0.4, -0.2) is 57.6 Å². The summed E-state index contributed by atoms with van der Waals surface area (Å²) in [6.07, 6.45) is 1.89. The fourth-order valence-electron chi connectivity index (χ4n) is 4.93. The van der Waals surface area contributed by atoms with E-state index in [9.17, 15) is 18.0 Å². The van der Waals surface area contributed by atoms with E-state index in [1.165, 1.54) is 10.6 Å². The molecule has 1 N–H and O–H groups in total. The van der Waals surface area contributed by atoms with E-state index >= 15 is 0 Å². The number of aryl methyl sites for hydroxylation is 1. The third kappa shape index (κ3) is 9.85. The topological polar surface area (TPSA) is 96.0 Å². The number of sulfonamides is 1. The van der Waals surface area contributed by atoms with Crippen molar-refractivity contribution >= 4 is 27.5 Å². The Morgan fingerprint density at radius 2 is 1.60 bits per heavy atom. The molecule has 8 nitrogen and oxygen atoms in total. The van der Waals surface area contributed by atoms with Gasteiger partial charge in [0.05, 0.1) is 19.1 Å². The fraction of sp³-hybridized carbons (Fsp3) is 0.412. The number of nitrogens with zero attached hydrogens (tertiary/aromatic N) is 2. The summed E-state index contributed by atoms with van der Waals surface area (Å²) in [5.74, 6) is 0.460. The summed E-state index contributed by atoms with van der Waals surface area (Å²) in [4.78, 5) is 29.3. The molecule has 3 aromatic carbocycles. The highest BCUT2D eigenvalue weighted by molar-refractivity contribution is 7.92. The van der Waals surface area contributed by atoms with Crippen LogP contribution in [0.4, 0.5) is 5.69 Å². The van der Waals surface area contributed by atoms with E-state index < -0.39 is 16.1 Å². The SMILES string of the molecule is COc1cccc(CN(C(=O)CCCN(c2cccc(C)c2C)S(C)(=O)=O)[C@H](Cc2ccccc2)C(=O)NCC(C)C)c1. The molecule has 0 aliphatic carbocycles. The van der Waals surface area contributed by atoms with Crippen LogP contribution in [0.15, 0.2) is 72.8 Å². The van der Waals surface area contributed by atoms with E-state index in [2.05, 4.69) is 5.32 Å². The average molecular weight is 608 g/mol. The van der Waals surface area contributed by atoms with Gasteiger partial charge in [0, 0.05) is 32.5 Å². The van der Waals surface area contributed by atoms with Crippen LogP contribution in [0, 0.1) is 19.8 Å². The lowest BCUT2D eigenvalue weighted by atomic mass is 10.0. The Hall–Kier alpha value is -3.85. The number of ether oxygens (including phenoxy) is 1. The number of hydrogen-bond donors (Lipinski definition) is 1. The van der Waals surface area contributed by atoms with Crippen LogP contribution in [0.5, 0.6) is 5.75 Å². The molecule has 3 rings (SSSR count). The maximum Gasteiger partial charge on any atom is 0.243 e. The Balaban J connectivity index is 1.92. The van der Waals surface area contributed by atoms with Crippen LogP contribution >= 0.6 is 0 Å². The van der Waals surface area contributed by atoms with Crippen molar-refractivity contribution < 1.29 is 22.7 Å². The van der Waals surface area contributed by atoms with Gasteiger partial charge in [-0.15, -0.1) is 0 Å². The van der Waals surface area contributed by atoms with E-state index in [1.807, 2.05) is 94.4 Å². The van der Waals surface area contributed by atoms with Crippen LogP contribution in [-0.2, 0) is 32.6 Å². The summed E-state index contributed by atoms with van der Waals surface area (Å²) in [7, 11) is -2.00. The molecule has 232 valence electrons. The number of methoxy groups -OCH3 is 1. The monoisotopic (exact) mass is 607 g/mol. The van der Waals surface area contributed by atoms with E-state index in [1.54, 1.807) is 18.1 Å². The molecule has 0 radical (unpaired) electrons. The highest BCUT2D eigenvalue weighted by Crippen LogP contribution is 2.26. The zero-order valence-corrected chi connectivity index (χ0v) is 27.0. The minimum absolute atomic E-state index is 0.0730. The van der Waals surface area contributed by atoms with Crippen LogP contribution in [0.1, 0.15) is 48.9 Å². The normalized spacial score (nSPS) is 12.1. The summed E-state index contributed by atoms with van der Waals surface area (Å²) in [6.45, 7) is 8.72. The third-order valence-electron chi connectivity index (χ3n) is 7.44. The molecule has 0 spiro atoms. The first kappa shape index (κ1) is 33.6. The van der Waals surface area contributed by atoms with Crippen LogP contribution in [0.25, 0.3) is 0 Å². The van der Waals surface area contributed by atoms with Crippen molar-refractivity contribution in [1.29, 1.82) is 0 Å². The van der Waals surface area contributed by atoms with Gasteiger partial charge in [-0.3, -0.25) is 13.9 Å². The van der Waals surface area contributed by atoms with Gasteiger partial charge < -0.3 is 15.0 Å². The molecule has 0 saturated heterocycles. The smallest absolute Gasteiger partial charge is 0.243 e. The summed E-state index contributed by atoms with van der Waals surface area (Å²) in [5.41, 5.74) is 4.24. The van der Waals surface area contributed by atoms with Crippen molar-refractivity contribution in [2.24, 2.45) is 5.92 Å². The Morgan fingerprint density at radius 3 is 2.26 bits per heavy atom. The standard InChI is InChI=1S/C34H45N3O5S/c1-25(2)23-35-34(39)32(22-28-14-8-7-9-15-28)36(24-29-16-11-17-30(21-29)42-5)33(38)19-12-20-37(43(6,40)41)31-18-10-13-26(3)27(31)4/h7-11,13-18,21,25,32H,12,19-20,22-24H2,1-6H3,(H,35,39)/t32-/m1/s1. The fourth-order valence-corrected chi connectivity index (χ4v) is 5.95. The lowest BCUT2D eigenvalue weighted by Gasteiger charge is -2.32. The van der Waals surface area contributed by atoms with Crippen molar-refractivity contribution in [1.82, 2.24) is 10.2 Å². The number of benzene rings is 3. The molecule has 0 fully saturated rings. The maximum atomic E-state index is 14.0. The number of carbonyl (C=O) groups is 2. The van der Waals surface area contributed by atoms with Crippen LogP contribution in [0.3, 0.4) is 0 Å². The van der Waals surface area contributed by atoms with Crippen molar-refractivity contribution in [3.63, 3.8) is 0 Å². The number of amides is 2. The second kappa shape index (κ2) is 15.6. The second-order valence-corrected chi connectivity index (χ2v) is 13.3. The van der Waals surface area contributed by atoms with Crippen molar-refractivity contribution in [3.8, 4) is 5.75 Å². The molecule has 43 heavy (non-hydrogen) atoms. The number of nitrogens with one attached hydrogen (secondary N) is 1. The van der Waals surface area contributed by atoms with E-state index in [0.29, 0.717) is 30.8 Å². The number of anilines is 1. The van der Waals surface area contributed by atoms with Gasteiger partial charge in [-0.1, -0.05) is 68.4 Å². The molecular weight excluding hydrogens is 562 g/mol. The summed E-state index contributed by atoms with van der Waals surface area (Å²) in [5, 5.41) is 3.03. The molecule has 3 aromatic rings. The lowest BCUT2D eigenvalue weighted by Crippen LogP contribution is -2.51. The second-order valence-electron chi connectivity index (χ2n) is 11.4. The number of carbonyl (C=O) groups excluding carboxylic acids is 2. The van der Waals surface area contributed by atoms with Crippen molar-refractivity contribution in [2.75, 3.05) is 30.8 Å². The molecule has 0 bridgehead atoms. The minimum Gasteiger partial charge on any atom is -0.497 e. The molecule has 0 unspecified atom stereocenters. The molecule has 0 aromatic heterocycles. The molecule has 1 atom stereocenters. The predicted molar refractivity (Wildman–Crippen MR) is 173 cm³/mol. The van der Waals surface area contributed by atoms with E-state index in [4.69, 9.17) is 4.74 Å². The van der Waals surface area contributed by atoms with E-state index in [0.717, 1.165) is 22.3 Å². The minimum atomic E-state index is -3.59. The van der Waals surface area contributed by atoms with Gasteiger partial charge in [-0.05, 0) is 66.6 Å². The Bertz CT molecular complexity index is 1470. The van der Waals surface area contributed by atoms with Gasteiger partial charge >= 0.3 is 0 Å². The van der Waals surface area contributed by atoms with Gasteiger partial charge in [0.2, 0.25) is 21.8 Å². The molecule has 0 aliphatic heterocycles. The lowest BCUT2D eigenvalue weighted by molar-refractivity contribution is -0.141. The average Bonchev–Trinajstić information content (AvgIpc) is 2.97. The Morgan fingerprint density at radius 1 is 0.930 bits per heavy atom. The quantitative estimate of drug-likeness (QED) is 0.254. The number of rotatable bonds is 15. The summed E-state index contributed by atoms with van der Waals surface area (Å²) >= 11 is 0. The highest BCUT2D eigenvalue weighted by atomic mass is 32.2. The van der Waals surface area contributed by atoms with Gasteiger partial charge in [0.1, 0.15) is 11.8 Å². The van der Waals surface area contributed by atoms with Gasteiger partial charge in [0.25, 0.3) is 0 Å². The zero-order valence-electron chi connectivity index (χ0n) is 26.2. The van der Waals surface area contributed by atoms with Crippen LogP contribution < -0.4 is 14.4 Å². The number of hydrogen-bond acceptors (Lipinski definition) is 5.